The second-order valence-corrected chi connectivity index (χ2v) is 5.50. The van der Waals surface area contributed by atoms with E-state index in [2.05, 4.69) is 39.2 Å². The van der Waals surface area contributed by atoms with Crippen LogP contribution >= 0.6 is 0 Å². The molecule has 1 amide bonds. The van der Waals surface area contributed by atoms with Gasteiger partial charge in [-0.05, 0) is 11.6 Å². The quantitative estimate of drug-likeness (QED) is 0.866. The average molecular weight is 308 g/mol. The molecule has 1 saturated heterocycles. The van der Waals surface area contributed by atoms with Crippen molar-refractivity contribution in [2.75, 3.05) is 32.7 Å². The zero-order valence-electron chi connectivity index (χ0n) is 13.0. The number of carbonyl (C=O) groups is 1. The van der Waals surface area contributed by atoms with Gasteiger partial charge in [-0.2, -0.15) is 0 Å². The number of rotatable bonds is 4. The van der Waals surface area contributed by atoms with Gasteiger partial charge in [0.15, 0.2) is 0 Å². The summed E-state index contributed by atoms with van der Waals surface area (Å²) in [6.07, 6.45) is 7.33. The van der Waals surface area contributed by atoms with Gasteiger partial charge in [0.1, 0.15) is 12.0 Å². The van der Waals surface area contributed by atoms with Crippen molar-refractivity contribution >= 4 is 12.0 Å². The molecule has 5 heteroatoms. The molecule has 0 spiro atoms. The van der Waals surface area contributed by atoms with Crippen LogP contribution in [-0.2, 0) is 0 Å². The maximum Gasteiger partial charge on any atom is 0.272 e. The van der Waals surface area contributed by atoms with E-state index in [1.807, 2.05) is 23.1 Å². The lowest BCUT2D eigenvalue weighted by Crippen LogP contribution is -2.48. The first-order valence-corrected chi connectivity index (χ1v) is 7.82. The Bertz CT molecular complexity index is 649. The first kappa shape index (κ1) is 15.4. The number of aromatic nitrogens is 2. The normalized spacial score (nSPS) is 15.9. The van der Waals surface area contributed by atoms with Crippen molar-refractivity contribution in [3.63, 3.8) is 0 Å². The van der Waals surface area contributed by atoms with E-state index in [1.54, 1.807) is 12.3 Å². The molecule has 1 aliphatic rings. The summed E-state index contributed by atoms with van der Waals surface area (Å²) in [6, 6.07) is 11.9. The van der Waals surface area contributed by atoms with Crippen LogP contribution in [0.1, 0.15) is 16.1 Å². The fourth-order valence-electron chi connectivity index (χ4n) is 2.61. The highest BCUT2D eigenvalue weighted by atomic mass is 16.2. The van der Waals surface area contributed by atoms with Crippen molar-refractivity contribution in [2.45, 2.75) is 0 Å². The van der Waals surface area contributed by atoms with Crippen LogP contribution in [0.4, 0.5) is 0 Å². The standard InChI is InChI=1S/C18H20N4O/c23-18(17-8-9-19-15-20-17)22-13-11-21(12-14-22)10-4-7-16-5-2-1-3-6-16/h1-9,15H,10-14H2/b7-4+. The summed E-state index contributed by atoms with van der Waals surface area (Å²) < 4.78 is 0. The third-order valence-corrected chi connectivity index (χ3v) is 3.93. The number of carbonyl (C=O) groups excluding carboxylic acids is 1. The molecule has 23 heavy (non-hydrogen) atoms. The Morgan fingerprint density at radius 1 is 1.09 bits per heavy atom. The molecule has 0 bridgehead atoms. The van der Waals surface area contributed by atoms with E-state index < -0.39 is 0 Å². The van der Waals surface area contributed by atoms with Crippen molar-refractivity contribution in [1.29, 1.82) is 0 Å². The van der Waals surface area contributed by atoms with Crippen LogP contribution in [0.5, 0.6) is 0 Å². The SMILES string of the molecule is O=C(c1ccncn1)N1CCN(C/C=C/c2ccccc2)CC1. The number of piperazine rings is 1. The molecule has 0 saturated carbocycles. The highest BCUT2D eigenvalue weighted by Gasteiger charge is 2.22. The van der Waals surface area contributed by atoms with E-state index in [9.17, 15) is 4.79 Å². The predicted octanol–water partition coefficient (Wildman–Crippen LogP) is 1.95. The topological polar surface area (TPSA) is 49.3 Å². The molecule has 5 nitrogen and oxygen atoms in total. The fraction of sp³-hybridized carbons (Fsp3) is 0.278. The third kappa shape index (κ3) is 4.23. The molecule has 2 heterocycles. The summed E-state index contributed by atoms with van der Waals surface area (Å²) in [5.74, 6) is -0.00752. The van der Waals surface area contributed by atoms with Crippen LogP contribution in [0.3, 0.4) is 0 Å². The Kier molecular flexibility index (Phi) is 5.11. The summed E-state index contributed by atoms with van der Waals surface area (Å²) in [5.41, 5.74) is 1.68. The number of hydrogen-bond acceptors (Lipinski definition) is 4. The molecule has 0 N–H and O–H groups in total. The summed E-state index contributed by atoms with van der Waals surface area (Å²) in [7, 11) is 0. The number of nitrogens with zero attached hydrogens (tertiary/aromatic N) is 4. The first-order valence-electron chi connectivity index (χ1n) is 7.82. The zero-order valence-corrected chi connectivity index (χ0v) is 13.0. The van der Waals surface area contributed by atoms with Gasteiger partial charge in [0, 0.05) is 38.9 Å². The largest absolute Gasteiger partial charge is 0.335 e. The summed E-state index contributed by atoms with van der Waals surface area (Å²) in [5, 5.41) is 0. The number of benzene rings is 1. The molecule has 118 valence electrons. The summed E-state index contributed by atoms with van der Waals surface area (Å²) in [6.45, 7) is 4.15. The van der Waals surface area contributed by atoms with E-state index in [4.69, 9.17) is 0 Å². The monoisotopic (exact) mass is 308 g/mol. The number of amides is 1. The molecule has 0 unspecified atom stereocenters. The van der Waals surface area contributed by atoms with Crippen LogP contribution in [0, 0.1) is 0 Å². The van der Waals surface area contributed by atoms with Gasteiger partial charge >= 0.3 is 0 Å². The lowest BCUT2D eigenvalue weighted by Gasteiger charge is -2.33. The molecule has 1 aliphatic heterocycles. The van der Waals surface area contributed by atoms with Gasteiger partial charge in [-0.15, -0.1) is 0 Å². The van der Waals surface area contributed by atoms with Crippen molar-refractivity contribution in [1.82, 2.24) is 19.8 Å². The Balaban J connectivity index is 1.47. The summed E-state index contributed by atoms with van der Waals surface area (Å²) >= 11 is 0. The van der Waals surface area contributed by atoms with E-state index >= 15 is 0 Å². The molecule has 0 atom stereocenters. The predicted molar refractivity (Wildman–Crippen MR) is 89.9 cm³/mol. The van der Waals surface area contributed by atoms with Crippen LogP contribution in [-0.4, -0.2) is 58.4 Å². The van der Waals surface area contributed by atoms with E-state index in [-0.39, 0.29) is 5.91 Å². The lowest BCUT2D eigenvalue weighted by molar-refractivity contribution is 0.0644. The Hall–Kier alpha value is -2.53. The second-order valence-electron chi connectivity index (χ2n) is 5.50. The highest BCUT2D eigenvalue weighted by Crippen LogP contribution is 2.07. The molecule has 2 aromatic rings. The highest BCUT2D eigenvalue weighted by molar-refractivity contribution is 5.92. The molecular weight excluding hydrogens is 288 g/mol. The van der Waals surface area contributed by atoms with E-state index in [0.717, 1.165) is 32.7 Å². The molecule has 1 aromatic heterocycles. The first-order chi connectivity index (χ1) is 11.3. The average Bonchev–Trinajstić information content (AvgIpc) is 2.63. The molecule has 0 radical (unpaired) electrons. The molecular formula is C18H20N4O. The van der Waals surface area contributed by atoms with Gasteiger partial charge < -0.3 is 4.90 Å². The van der Waals surface area contributed by atoms with Crippen LogP contribution in [0.25, 0.3) is 6.08 Å². The fourth-order valence-corrected chi connectivity index (χ4v) is 2.61. The molecule has 0 aliphatic carbocycles. The molecule has 1 aromatic carbocycles. The van der Waals surface area contributed by atoms with E-state index in [1.165, 1.54) is 11.9 Å². The minimum absolute atomic E-state index is 0.00752. The Morgan fingerprint density at radius 3 is 2.57 bits per heavy atom. The van der Waals surface area contributed by atoms with Gasteiger partial charge in [0.25, 0.3) is 5.91 Å². The minimum Gasteiger partial charge on any atom is -0.335 e. The third-order valence-electron chi connectivity index (χ3n) is 3.93. The van der Waals surface area contributed by atoms with Crippen molar-refractivity contribution < 1.29 is 4.79 Å². The van der Waals surface area contributed by atoms with Crippen LogP contribution < -0.4 is 0 Å². The maximum absolute atomic E-state index is 12.3. The van der Waals surface area contributed by atoms with Gasteiger partial charge in [-0.25, -0.2) is 9.97 Å². The number of hydrogen-bond donors (Lipinski definition) is 0. The van der Waals surface area contributed by atoms with Gasteiger partial charge in [-0.1, -0.05) is 42.5 Å². The molecule has 3 rings (SSSR count). The smallest absolute Gasteiger partial charge is 0.272 e. The van der Waals surface area contributed by atoms with Crippen molar-refractivity contribution in [3.05, 3.63) is 66.3 Å². The van der Waals surface area contributed by atoms with Crippen LogP contribution in [0.15, 0.2) is 55.0 Å². The van der Waals surface area contributed by atoms with Gasteiger partial charge in [0.2, 0.25) is 0 Å². The Labute approximate surface area is 136 Å². The Morgan fingerprint density at radius 2 is 1.87 bits per heavy atom. The maximum atomic E-state index is 12.3. The zero-order chi connectivity index (χ0) is 15.9. The van der Waals surface area contributed by atoms with Gasteiger partial charge in [-0.3, -0.25) is 9.69 Å². The second kappa shape index (κ2) is 7.65. The van der Waals surface area contributed by atoms with Crippen LogP contribution in [0.2, 0.25) is 0 Å². The van der Waals surface area contributed by atoms with Crippen molar-refractivity contribution in [3.8, 4) is 0 Å². The lowest BCUT2D eigenvalue weighted by atomic mass is 10.2. The van der Waals surface area contributed by atoms with E-state index in [0.29, 0.717) is 5.69 Å². The summed E-state index contributed by atoms with van der Waals surface area (Å²) in [4.78, 5) is 24.4. The minimum atomic E-state index is -0.00752. The molecule has 1 fully saturated rings. The van der Waals surface area contributed by atoms with Gasteiger partial charge in [0.05, 0.1) is 0 Å². The van der Waals surface area contributed by atoms with Crippen molar-refractivity contribution in [2.24, 2.45) is 0 Å².